The number of phenols is 2. The molecule has 105 valence electrons. The Morgan fingerprint density at radius 2 is 2.00 bits per heavy atom. The molecule has 0 unspecified atom stereocenters. The van der Waals surface area contributed by atoms with Crippen LogP contribution in [0.25, 0.3) is 0 Å². The first-order valence-electron chi connectivity index (χ1n) is 6.07. The molecule has 0 aliphatic carbocycles. The molecule has 0 aliphatic heterocycles. The molecular formula is C14H20NO4. The van der Waals surface area contributed by atoms with Gasteiger partial charge in [0.1, 0.15) is 5.60 Å². The Hall–Kier alpha value is -1.91. The van der Waals surface area contributed by atoms with Crippen molar-refractivity contribution >= 4 is 6.09 Å². The maximum Gasteiger partial charge on any atom is 0.407 e. The van der Waals surface area contributed by atoms with Crippen LogP contribution in [0, 0.1) is 6.42 Å². The Morgan fingerprint density at radius 3 is 2.58 bits per heavy atom. The molecule has 5 nitrogen and oxygen atoms in total. The van der Waals surface area contributed by atoms with E-state index in [0.717, 1.165) is 5.56 Å². The topological polar surface area (TPSA) is 78.8 Å². The second-order valence-corrected chi connectivity index (χ2v) is 5.20. The maximum absolute atomic E-state index is 11.3. The van der Waals surface area contributed by atoms with E-state index in [9.17, 15) is 9.90 Å². The zero-order chi connectivity index (χ0) is 14.5. The molecule has 0 atom stereocenters. The van der Waals surface area contributed by atoms with Gasteiger partial charge >= 0.3 is 6.09 Å². The standard InChI is InChI=1S/C14H20NO4/c1-14(2,3)19-13(18)15-8-4-5-10-6-7-11(16)12(17)9-10/h4,6-7,9,16-17H,5,8H2,1-3H3,(H,15,18). The van der Waals surface area contributed by atoms with Crippen molar-refractivity contribution in [3.05, 3.63) is 30.2 Å². The van der Waals surface area contributed by atoms with E-state index in [0.29, 0.717) is 13.0 Å². The van der Waals surface area contributed by atoms with E-state index < -0.39 is 11.7 Å². The van der Waals surface area contributed by atoms with Crippen LogP contribution in [-0.4, -0.2) is 28.5 Å². The molecule has 0 heterocycles. The molecule has 1 aromatic carbocycles. The molecule has 0 saturated heterocycles. The van der Waals surface area contributed by atoms with Crippen molar-refractivity contribution in [2.24, 2.45) is 0 Å². The summed E-state index contributed by atoms with van der Waals surface area (Å²) in [6.45, 7) is 5.77. The lowest BCUT2D eigenvalue weighted by atomic mass is 10.1. The number of alkyl carbamates (subject to hydrolysis) is 1. The predicted molar refractivity (Wildman–Crippen MR) is 72.0 cm³/mol. The number of carbonyl (C=O) groups is 1. The van der Waals surface area contributed by atoms with Crippen molar-refractivity contribution < 1.29 is 19.7 Å². The van der Waals surface area contributed by atoms with Gasteiger partial charge < -0.3 is 20.3 Å². The second-order valence-electron chi connectivity index (χ2n) is 5.20. The van der Waals surface area contributed by atoms with Crippen molar-refractivity contribution in [3.8, 4) is 11.5 Å². The predicted octanol–water partition coefficient (Wildman–Crippen LogP) is 2.37. The van der Waals surface area contributed by atoms with Gasteiger partial charge in [-0.3, -0.25) is 0 Å². The number of rotatable bonds is 4. The van der Waals surface area contributed by atoms with Gasteiger partial charge in [-0.2, -0.15) is 0 Å². The van der Waals surface area contributed by atoms with E-state index in [4.69, 9.17) is 9.84 Å². The average Bonchev–Trinajstić information content (AvgIpc) is 2.27. The average molecular weight is 266 g/mol. The number of hydrogen-bond donors (Lipinski definition) is 3. The first kappa shape index (κ1) is 15.1. The number of hydrogen-bond acceptors (Lipinski definition) is 4. The zero-order valence-corrected chi connectivity index (χ0v) is 11.4. The Labute approximate surface area is 113 Å². The van der Waals surface area contributed by atoms with Crippen molar-refractivity contribution in [1.82, 2.24) is 5.32 Å². The Bertz CT molecular complexity index is 438. The van der Waals surface area contributed by atoms with Crippen LogP contribution in [0.3, 0.4) is 0 Å². The van der Waals surface area contributed by atoms with E-state index in [-0.39, 0.29) is 11.5 Å². The lowest BCUT2D eigenvalue weighted by Crippen LogP contribution is -2.33. The molecule has 1 rings (SSSR count). The lowest BCUT2D eigenvalue weighted by molar-refractivity contribution is 0.0532. The Balaban J connectivity index is 2.27. The van der Waals surface area contributed by atoms with Crippen LogP contribution in [0.15, 0.2) is 18.2 Å². The molecule has 5 heteroatoms. The molecule has 0 spiro atoms. The molecule has 1 aromatic rings. The fourth-order valence-corrected chi connectivity index (χ4v) is 1.40. The number of aromatic hydroxyl groups is 2. The van der Waals surface area contributed by atoms with Gasteiger partial charge in [-0.1, -0.05) is 6.07 Å². The highest BCUT2D eigenvalue weighted by Gasteiger charge is 2.15. The number of benzene rings is 1. The summed E-state index contributed by atoms with van der Waals surface area (Å²) < 4.78 is 5.08. The normalized spacial score (nSPS) is 11.1. The molecule has 1 radical (unpaired) electrons. The SMILES string of the molecule is CC(C)(C)OC(=O)NC[CH]Cc1ccc(O)c(O)c1. The van der Waals surface area contributed by atoms with E-state index in [1.54, 1.807) is 26.8 Å². The minimum atomic E-state index is -0.507. The summed E-state index contributed by atoms with van der Waals surface area (Å²) in [5.41, 5.74) is 0.341. The molecule has 0 bridgehead atoms. The summed E-state index contributed by atoms with van der Waals surface area (Å²) in [5, 5.41) is 21.1. The zero-order valence-electron chi connectivity index (χ0n) is 11.4. The first-order valence-corrected chi connectivity index (χ1v) is 6.07. The van der Waals surface area contributed by atoms with Crippen LogP contribution < -0.4 is 5.32 Å². The van der Waals surface area contributed by atoms with Crippen molar-refractivity contribution in [2.45, 2.75) is 32.8 Å². The molecule has 0 aromatic heterocycles. The fourth-order valence-electron chi connectivity index (χ4n) is 1.40. The van der Waals surface area contributed by atoms with Crippen LogP contribution in [0.2, 0.25) is 0 Å². The van der Waals surface area contributed by atoms with Crippen LogP contribution in [0.5, 0.6) is 11.5 Å². The van der Waals surface area contributed by atoms with E-state index in [2.05, 4.69) is 5.32 Å². The third-order valence-corrected chi connectivity index (χ3v) is 2.21. The highest BCUT2D eigenvalue weighted by Crippen LogP contribution is 2.25. The van der Waals surface area contributed by atoms with Gasteiger partial charge in [-0.25, -0.2) is 4.79 Å². The van der Waals surface area contributed by atoms with E-state index in [1.165, 1.54) is 12.1 Å². The fraction of sp³-hybridized carbons (Fsp3) is 0.429. The molecular weight excluding hydrogens is 246 g/mol. The van der Waals surface area contributed by atoms with Gasteiger partial charge in [0, 0.05) is 6.54 Å². The van der Waals surface area contributed by atoms with Crippen LogP contribution in [0.1, 0.15) is 26.3 Å². The smallest absolute Gasteiger partial charge is 0.407 e. The first-order chi connectivity index (χ1) is 8.78. The number of nitrogens with one attached hydrogen (secondary N) is 1. The second kappa shape index (κ2) is 6.31. The lowest BCUT2D eigenvalue weighted by Gasteiger charge is -2.19. The summed E-state index contributed by atoms with van der Waals surface area (Å²) in [6, 6.07) is 4.62. The third-order valence-electron chi connectivity index (χ3n) is 2.21. The third kappa shape index (κ3) is 5.99. The molecule has 19 heavy (non-hydrogen) atoms. The number of carbonyl (C=O) groups excluding carboxylic acids is 1. The van der Waals surface area contributed by atoms with Gasteiger partial charge in [0.15, 0.2) is 11.5 Å². The summed E-state index contributed by atoms with van der Waals surface area (Å²) in [5.74, 6) is -0.290. The summed E-state index contributed by atoms with van der Waals surface area (Å²) >= 11 is 0. The molecule has 0 saturated carbocycles. The summed E-state index contributed by atoms with van der Waals surface area (Å²) in [6.07, 6.45) is 1.96. The van der Waals surface area contributed by atoms with Gasteiger partial charge in [0.25, 0.3) is 0 Å². The van der Waals surface area contributed by atoms with Crippen molar-refractivity contribution in [1.29, 1.82) is 0 Å². The summed E-state index contributed by atoms with van der Waals surface area (Å²) in [7, 11) is 0. The molecule has 3 N–H and O–H groups in total. The van der Waals surface area contributed by atoms with Crippen LogP contribution >= 0.6 is 0 Å². The highest BCUT2D eigenvalue weighted by atomic mass is 16.6. The van der Waals surface area contributed by atoms with Gasteiger partial charge in [0.2, 0.25) is 0 Å². The minimum Gasteiger partial charge on any atom is -0.504 e. The Kier molecular flexibility index (Phi) is 5.03. The molecule has 0 fully saturated rings. The number of amides is 1. The molecule has 1 amide bonds. The number of phenolic OH excluding ortho intramolecular Hbond substituents is 2. The summed E-state index contributed by atoms with van der Waals surface area (Å²) in [4.78, 5) is 11.3. The maximum atomic E-state index is 11.3. The van der Waals surface area contributed by atoms with Crippen LogP contribution in [-0.2, 0) is 11.2 Å². The van der Waals surface area contributed by atoms with Crippen LogP contribution in [0.4, 0.5) is 4.79 Å². The van der Waals surface area contributed by atoms with Gasteiger partial charge in [-0.05, 0) is 51.3 Å². The monoisotopic (exact) mass is 266 g/mol. The van der Waals surface area contributed by atoms with Crippen molar-refractivity contribution in [3.63, 3.8) is 0 Å². The number of ether oxygens (including phenoxy) is 1. The van der Waals surface area contributed by atoms with Crippen molar-refractivity contribution in [2.75, 3.05) is 6.54 Å². The van der Waals surface area contributed by atoms with E-state index in [1.807, 2.05) is 6.42 Å². The van der Waals surface area contributed by atoms with Gasteiger partial charge in [0.05, 0.1) is 0 Å². The minimum absolute atomic E-state index is 0.143. The Morgan fingerprint density at radius 1 is 1.32 bits per heavy atom. The van der Waals surface area contributed by atoms with E-state index >= 15 is 0 Å². The van der Waals surface area contributed by atoms with Gasteiger partial charge in [-0.15, -0.1) is 0 Å². The molecule has 0 aliphatic rings. The highest BCUT2D eigenvalue weighted by molar-refractivity contribution is 5.67. The quantitative estimate of drug-likeness (QED) is 0.577. The largest absolute Gasteiger partial charge is 0.504 e.